The Bertz CT molecular complexity index is 584. The zero-order valence-corrected chi connectivity index (χ0v) is 11.6. The molecular formula is C12H11Cl2N3O2. The van der Waals surface area contributed by atoms with E-state index in [1.54, 1.807) is 24.4 Å². The maximum absolute atomic E-state index is 5.96. The summed E-state index contributed by atoms with van der Waals surface area (Å²) in [5, 5.41) is 11.4. The number of hydrogen-bond donors (Lipinski definition) is 1. The summed E-state index contributed by atoms with van der Waals surface area (Å²) in [4.78, 5) is 0. The number of ether oxygens (including phenoxy) is 1. The first-order valence-corrected chi connectivity index (χ1v) is 6.22. The summed E-state index contributed by atoms with van der Waals surface area (Å²) < 4.78 is 10.8. The van der Waals surface area contributed by atoms with Crippen molar-refractivity contribution in [1.82, 2.24) is 10.2 Å². The monoisotopic (exact) mass is 299 g/mol. The topological polar surface area (TPSA) is 60.2 Å². The molecule has 1 aromatic carbocycles. The van der Waals surface area contributed by atoms with Crippen LogP contribution in [0.25, 0.3) is 0 Å². The third-order valence-electron chi connectivity index (χ3n) is 2.08. The Hall–Kier alpha value is -1.72. The Balaban J connectivity index is 1.98. The van der Waals surface area contributed by atoms with E-state index in [-0.39, 0.29) is 6.61 Å². The van der Waals surface area contributed by atoms with Crippen molar-refractivity contribution >= 4 is 29.2 Å². The van der Waals surface area contributed by atoms with Gasteiger partial charge in [0.15, 0.2) is 6.61 Å². The van der Waals surface area contributed by atoms with Gasteiger partial charge in [-0.15, -0.1) is 5.10 Å². The molecule has 0 saturated carbocycles. The molecule has 0 unspecified atom stereocenters. The zero-order chi connectivity index (χ0) is 13.7. The number of rotatable bonds is 5. The van der Waals surface area contributed by atoms with Crippen molar-refractivity contribution in [2.24, 2.45) is 0 Å². The van der Waals surface area contributed by atoms with Crippen LogP contribution in [0.5, 0.6) is 5.75 Å². The quantitative estimate of drug-likeness (QED) is 0.907. The van der Waals surface area contributed by atoms with Crippen molar-refractivity contribution in [3.05, 3.63) is 46.4 Å². The molecule has 2 rings (SSSR count). The van der Waals surface area contributed by atoms with Crippen LogP contribution in [0.4, 0.5) is 6.01 Å². The number of halogens is 2. The van der Waals surface area contributed by atoms with Gasteiger partial charge in [0.05, 0.1) is 5.02 Å². The Kier molecular flexibility index (Phi) is 4.65. The largest absolute Gasteiger partial charge is 0.482 e. The average molecular weight is 300 g/mol. The van der Waals surface area contributed by atoms with Gasteiger partial charge in [0, 0.05) is 17.3 Å². The van der Waals surface area contributed by atoms with E-state index in [0.29, 0.717) is 27.7 Å². The van der Waals surface area contributed by atoms with Gasteiger partial charge in [-0.05, 0) is 19.1 Å². The molecule has 0 atom stereocenters. The highest BCUT2D eigenvalue weighted by Crippen LogP contribution is 2.28. The van der Waals surface area contributed by atoms with E-state index in [2.05, 4.69) is 15.5 Å². The van der Waals surface area contributed by atoms with E-state index >= 15 is 0 Å². The molecule has 0 aliphatic carbocycles. The predicted molar refractivity (Wildman–Crippen MR) is 73.5 cm³/mol. The van der Waals surface area contributed by atoms with E-state index < -0.39 is 0 Å². The van der Waals surface area contributed by atoms with Gasteiger partial charge < -0.3 is 14.5 Å². The fraction of sp³-hybridized carbons (Fsp3) is 0.167. The van der Waals surface area contributed by atoms with Crippen LogP contribution in [0.15, 0.2) is 34.9 Å². The first kappa shape index (κ1) is 13.7. The van der Waals surface area contributed by atoms with E-state index in [1.807, 2.05) is 13.0 Å². The number of anilines is 1. The van der Waals surface area contributed by atoms with Crippen molar-refractivity contribution in [2.45, 2.75) is 13.5 Å². The molecule has 1 N–H and O–H groups in total. The van der Waals surface area contributed by atoms with E-state index in [4.69, 9.17) is 32.4 Å². The minimum absolute atomic E-state index is 0.116. The van der Waals surface area contributed by atoms with E-state index in [9.17, 15) is 0 Å². The highest BCUT2D eigenvalue weighted by molar-refractivity contribution is 6.34. The summed E-state index contributed by atoms with van der Waals surface area (Å²) in [6.07, 6.45) is 3.50. The van der Waals surface area contributed by atoms with Crippen molar-refractivity contribution in [3.63, 3.8) is 0 Å². The third kappa shape index (κ3) is 3.87. The van der Waals surface area contributed by atoms with Crippen LogP contribution in [0, 0.1) is 0 Å². The minimum atomic E-state index is 0.116. The molecule has 100 valence electrons. The summed E-state index contributed by atoms with van der Waals surface area (Å²) in [6.45, 7) is 1.99. The molecule has 0 saturated heterocycles. The molecule has 7 heteroatoms. The lowest BCUT2D eigenvalue weighted by molar-refractivity contribution is 0.265. The smallest absolute Gasteiger partial charge is 0.319 e. The van der Waals surface area contributed by atoms with Crippen LogP contribution in [-0.4, -0.2) is 10.2 Å². The van der Waals surface area contributed by atoms with E-state index in [0.717, 1.165) is 0 Å². The molecule has 5 nitrogen and oxygen atoms in total. The van der Waals surface area contributed by atoms with Crippen LogP contribution < -0.4 is 10.1 Å². The van der Waals surface area contributed by atoms with Crippen LogP contribution >= 0.6 is 23.2 Å². The second kappa shape index (κ2) is 6.45. The van der Waals surface area contributed by atoms with Gasteiger partial charge in [-0.1, -0.05) is 34.4 Å². The lowest BCUT2D eigenvalue weighted by Gasteiger charge is -2.05. The zero-order valence-electron chi connectivity index (χ0n) is 10.1. The normalized spacial score (nSPS) is 10.9. The number of nitrogens with zero attached hydrogens (tertiary/aromatic N) is 2. The molecule has 0 aliphatic rings. The highest BCUT2D eigenvalue weighted by atomic mass is 35.5. The molecule has 2 aromatic rings. The first-order valence-electron chi connectivity index (χ1n) is 5.47. The molecule has 1 heterocycles. The average Bonchev–Trinajstić information content (AvgIpc) is 2.85. The maximum Gasteiger partial charge on any atom is 0.319 e. The molecule has 19 heavy (non-hydrogen) atoms. The lowest BCUT2D eigenvalue weighted by atomic mass is 10.3. The van der Waals surface area contributed by atoms with Crippen molar-refractivity contribution in [2.75, 3.05) is 5.32 Å². The lowest BCUT2D eigenvalue weighted by Crippen LogP contribution is -1.96. The summed E-state index contributed by atoms with van der Waals surface area (Å²) in [7, 11) is 0. The molecule has 0 aliphatic heterocycles. The predicted octanol–water partition coefficient (Wildman–Crippen LogP) is 3.90. The summed E-state index contributed by atoms with van der Waals surface area (Å²) in [5.74, 6) is 0.804. The standard InChI is InChI=1S/C12H11Cl2N3O2/c1-2-5-15-12-17-16-11(19-12)7-18-10-6-8(13)3-4-9(10)14/h2-6H,7H2,1H3,(H,15,17)/b5-2-. The Morgan fingerprint density at radius 3 is 3.00 bits per heavy atom. The SMILES string of the molecule is C/C=C\Nc1nnc(COc2cc(Cl)ccc2Cl)o1. The van der Waals surface area contributed by atoms with Gasteiger partial charge in [0.2, 0.25) is 0 Å². The van der Waals surface area contributed by atoms with Crippen molar-refractivity contribution in [1.29, 1.82) is 0 Å². The fourth-order valence-electron chi connectivity index (χ4n) is 1.25. The Morgan fingerprint density at radius 1 is 1.37 bits per heavy atom. The molecule has 0 fully saturated rings. The van der Waals surface area contributed by atoms with Gasteiger partial charge in [-0.25, -0.2) is 0 Å². The number of hydrogen-bond acceptors (Lipinski definition) is 5. The van der Waals surface area contributed by atoms with Crippen molar-refractivity contribution < 1.29 is 9.15 Å². The van der Waals surface area contributed by atoms with Crippen LogP contribution in [0.2, 0.25) is 10.0 Å². The fourth-order valence-corrected chi connectivity index (χ4v) is 1.59. The number of nitrogens with one attached hydrogen (secondary N) is 1. The molecule has 1 aromatic heterocycles. The first-order chi connectivity index (χ1) is 9.19. The summed E-state index contributed by atoms with van der Waals surface area (Å²) >= 11 is 11.8. The molecular weight excluding hydrogens is 289 g/mol. The van der Waals surface area contributed by atoms with Crippen LogP contribution in [0.3, 0.4) is 0 Å². The van der Waals surface area contributed by atoms with E-state index in [1.165, 1.54) is 0 Å². The van der Waals surface area contributed by atoms with Gasteiger partial charge in [-0.2, -0.15) is 0 Å². The Labute approximate surface area is 120 Å². The van der Waals surface area contributed by atoms with Crippen molar-refractivity contribution in [3.8, 4) is 5.75 Å². The van der Waals surface area contributed by atoms with Gasteiger partial charge >= 0.3 is 6.01 Å². The minimum Gasteiger partial charge on any atom is -0.482 e. The summed E-state index contributed by atoms with van der Waals surface area (Å²) in [6, 6.07) is 5.27. The molecule has 0 amide bonds. The highest BCUT2D eigenvalue weighted by Gasteiger charge is 2.08. The number of benzene rings is 1. The van der Waals surface area contributed by atoms with Gasteiger partial charge in [0.1, 0.15) is 5.75 Å². The number of aromatic nitrogens is 2. The summed E-state index contributed by atoms with van der Waals surface area (Å²) in [5.41, 5.74) is 0. The van der Waals surface area contributed by atoms with Crippen LogP contribution in [0.1, 0.15) is 12.8 Å². The van der Waals surface area contributed by atoms with Gasteiger partial charge in [0.25, 0.3) is 5.89 Å². The molecule has 0 radical (unpaired) electrons. The number of allylic oxidation sites excluding steroid dienone is 1. The second-order valence-electron chi connectivity index (χ2n) is 3.51. The molecule has 0 spiro atoms. The van der Waals surface area contributed by atoms with Gasteiger partial charge in [-0.3, -0.25) is 0 Å². The Morgan fingerprint density at radius 2 is 2.21 bits per heavy atom. The third-order valence-corrected chi connectivity index (χ3v) is 2.63. The molecule has 0 bridgehead atoms. The maximum atomic E-state index is 5.96. The van der Waals surface area contributed by atoms with Crippen LogP contribution in [-0.2, 0) is 6.61 Å². The second-order valence-corrected chi connectivity index (χ2v) is 4.35.